The van der Waals surface area contributed by atoms with E-state index in [4.69, 9.17) is 20.2 Å². The van der Waals surface area contributed by atoms with E-state index in [0.29, 0.717) is 17.1 Å². The third-order valence-corrected chi connectivity index (χ3v) is 4.21. The lowest BCUT2D eigenvalue weighted by molar-refractivity contribution is 0.199. The number of halogens is 1. The topological polar surface area (TPSA) is 55.8 Å². The molecule has 5 nitrogen and oxygen atoms in total. The van der Waals surface area contributed by atoms with E-state index in [0.717, 1.165) is 19.5 Å². The highest BCUT2D eigenvalue weighted by atomic mass is 35.7. The van der Waals surface area contributed by atoms with Crippen LogP contribution in [-0.4, -0.2) is 46.7 Å². The second kappa shape index (κ2) is 6.20. The first-order valence-electron chi connectivity index (χ1n) is 6.32. The molecule has 0 aromatic heterocycles. The van der Waals surface area contributed by atoms with Gasteiger partial charge in [0.25, 0.3) is 0 Å². The molecule has 0 saturated carbocycles. The number of likely N-dealkylation sites (tertiary alicyclic amines) is 1. The Labute approximate surface area is 123 Å². The molecule has 1 saturated heterocycles. The molecule has 0 N–H and O–H groups in total. The highest BCUT2D eigenvalue weighted by molar-refractivity contribution is 8.13. The molecule has 0 aliphatic carbocycles. The van der Waals surface area contributed by atoms with Crippen LogP contribution in [0.1, 0.15) is 12.0 Å². The molecule has 1 unspecified atom stereocenters. The van der Waals surface area contributed by atoms with Crippen molar-refractivity contribution in [1.29, 1.82) is 0 Å². The van der Waals surface area contributed by atoms with Crippen molar-refractivity contribution in [1.82, 2.24) is 4.90 Å². The van der Waals surface area contributed by atoms with Gasteiger partial charge in [-0.2, -0.15) is 0 Å². The standard InChI is InChI=1S/C13H18ClNO4S/c1-15-6-5-11(8-15)19-12-4-3-10(7-13(12)18-2)9-20(14,16)17/h3-4,7,11H,5-6,8-9H2,1-2H3. The van der Waals surface area contributed by atoms with Gasteiger partial charge in [0.05, 0.1) is 12.9 Å². The molecule has 1 aromatic carbocycles. The summed E-state index contributed by atoms with van der Waals surface area (Å²) in [6, 6.07) is 5.07. The molecule has 1 fully saturated rings. The fourth-order valence-electron chi connectivity index (χ4n) is 2.27. The van der Waals surface area contributed by atoms with Gasteiger partial charge in [-0.3, -0.25) is 0 Å². The fraction of sp³-hybridized carbons (Fsp3) is 0.538. The van der Waals surface area contributed by atoms with Crippen LogP contribution < -0.4 is 9.47 Å². The second-order valence-corrected chi connectivity index (χ2v) is 7.74. The minimum Gasteiger partial charge on any atom is -0.493 e. The van der Waals surface area contributed by atoms with Crippen molar-refractivity contribution < 1.29 is 17.9 Å². The van der Waals surface area contributed by atoms with Crippen LogP contribution in [0.5, 0.6) is 11.5 Å². The average molecular weight is 320 g/mol. The van der Waals surface area contributed by atoms with Gasteiger partial charge in [-0.1, -0.05) is 6.07 Å². The van der Waals surface area contributed by atoms with E-state index < -0.39 is 9.05 Å². The van der Waals surface area contributed by atoms with Gasteiger partial charge < -0.3 is 14.4 Å². The van der Waals surface area contributed by atoms with E-state index in [1.54, 1.807) is 18.2 Å². The first kappa shape index (κ1) is 15.4. The zero-order valence-corrected chi connectivity index (χ0v) is 13.1. The summed E-state index contributed by atoms with van der Waals surface area (Å²) < 4.78 is 33.3. The highest BCUT2D eigenvalue weighted by Crippen LogP contribution is 2.31. The molecule has 1 aliphatic rings. The fourth-order valence-corrected chi connectivity index (χ4v) is 3.22. The highest BCUT2D eigenvalue weighted by Gasteiger charge is 2.22. The largest absolute Gasteiger partial charge is 0.493 e. The molecule has 1 heterocycles. The lowest BCUT2D eigenvalue weighted by Crippen LogP contribution is -2.21. The minimum atomic E-state index is -3.58. The number of hydrogen-bond acceptors (Lipinski definition) is 5. The molecule has 0 bridgehead atoms. The summed E-state index contributed by atoms with van der Waals surface area (Å²) >= 11 is 0. The summed E-state index contributed by atoms with van der Waals surface area (Å²) in [5.41, 5.74) is 0.577. The maximum atomic E-state index is 11.1. The van der Waals surface area contributed by atoms with Crippen LogP contribution in [0.3, 0.4) is 0 Å². The number of benzene rings is 1. The van der Waals surface area contributed by atoms with Crippen LogP contribution in [0.4, 0.5) is 0 Å². The summed E-state index contributed by atoms with van der Waals surface area (Å²) in [6.07, 6.45) is 1.11. The average Bonchev–Trinajstić information content (AvgIpc) is 2.75. The van der Waals surface area contributed by atoms with E-state index in [2.05, 4.69) is 11.9 Å². The summed E-state index contributed by atoms with van der Waals surface area (Å²) in [7, 11) is 5.26. The van der Waals surface area contributed by atoms with Crippen molar-refractivity contribution in [3.63, 3.8) is 0 Å². The van der Waals surface area contributed by atoms with Gasteiger partial charge >= 0.3 is 0 Å². The summed E-state index contributed by atoms with van der Waals surface area (Å²) in [5, 5.41) is 0. The lowest BCUT2D eigenvalue weighted by atomic mass is 10.2. The zero-order chi connectivity index (χ0) is 14.8. The van der Waals surface area contributed by atoms with Gasteiger partial charge in [0.1, 0.15) is 6.10 Å². The van der Waals surface area contributed by atoms with Crippen molar-refractivity contribution >= 4 is 19.7 Å². The number of likely N-dealkylation sites (N-methyl/N-ethyl adjacent to an activating group) is 1. The zero-order valence-electron chi connectivity index (χ0n) is 11.5. The first-order valence-corrected chi connectivity index (χ1v) is 8.79. The van der Waals surface area contributed by atoms with E-state index in [-0.39, 0.29) is 11.9 Å². The van der Waals surface area contributed by atoms with Crippen LogP contribution in [0.25, 0.3) is 0 Å². The van der Waals surface area contributed by atoms with Crippen molar-refractivity contribution in [2.24, 2.45) is 0 Å². The van der Waals surface area contributed by atoms with Gasteiger partial charge in [-0.05, 0) is 31.2 Å². The Bertz CT molecular complexity index is 576. The first-order chi connectivity index (χ1) is 9.37. The predicted octanol–water partition coefficient (Wildman–Crippen LogP) is 1.85. The number of hydrogen-bond donors (Lipinski definition) is 0. The smallest absolute Gasteiger partial charge is 0.236 e. The molecular weight excluding hydrogens is 302 g/mol. The van der Waals surface area contributed by atoms with E-state index in [1.165, 1.54) is 7.11 Å². The third-order valence-electron chi connectivity index (χ3n) is 3.21. The molecule has 0 spiro atoms. The predicted molar refractivity (Wildman–Crippen MR) is 78.0 cm³/mol. The molecule has 7 heteroatoms. The molecule has 2 rings (SSSR count). The molecule has 20 heavy (non-hydrogen) atoms. The van der Waals surface area contributed by atoms with Crippen molar-refractivity contribution in [3.05, 3.63) is 23.8 Å². The van der Waals surface area contributed by atoms with Gasteiger partial charge in [0.2, 0.25) is 9.05 Å². The molecular formula is C13H18ClNO4S. The number of rotatable bonds is 5. The van der Waals surface area contributed by atoms with Gasteiger partial charge in [0.15, 0.2) is 11.5 Å². The van der Waals surface area contributed by atoms with E-state index in [1.807, 2.05) is 0 Å². The molecule has 1 atom stereocenters. The quantitative estimate of drug-likeness (QED) is 0.775. The van der Waals surface area contributed by atoms with Crippen molar-refractivity contribution in [3.8, 4) is 11.5 Å². The van der Waals surface area contributed by atoms with Crippen LogP contribution in [0.2, 0.25) is 0 Å². The van der Waals surface area contributed by atoms with Crippen molar-refractivity contribution in [2.45, 2.75) is 18.3 Å². The summed E-state index contributed by atoms with van der Waals surface area (Å²) in [5.74, 6) is 0.929. The third kappa shape index (κ3) is 4.26. The van der Waals surface area contributed by atoms with Crippen LogP contribution >= 0.6 is 10.7 Å². The second-order valence-electron chi connectivity index (χ2n) is 4.96. The maximum absolute atomic E-state index is 11.1. The summed E-state index contributed by atoms with van der Waals surface area (Å²) in [6.45, 7) is 1.89. The van der Waals surface area contributed by atoms with Crippen LogP contribution in [-0.2, 0) is 14.8 Å². The Kier molecular flexibility index (Phi) is 4.78. The Morgan fingerprint density at radius 2 is 2.15 bits per heavy atom. The van der Waals surface area contributed by atoms with Crippen LogP contribution in [0, 0.1) is 0 Å². The Morgan fingerprint density at radius 3 is 2.70 bits per heavy atom. The van der Waals surface area contributed by atoms with Crippen LogP contribution in [0.15, 0.2) is 18.2 Å². The molecule has 0 radical (unpaired) electrons. The Hall–Kier alpha value is -0.980. The molecule has 112 valence electrons. The minimum absolute atomic E-state index is 0.136. The molecule has 1 aromatic rings. The normalized spacial score (nSPS) is 20.1. The van der Waals surface area contributed by atoms with Gasteiger partial charge in [-0.15, -0.1) is 0 Å². The SMILES string of the molecule is COc1cc(CS(=O)(=O)Cl)ccc1OC1CCN(C)C1. The van der Waals surface area contributed by atoms with Crippen molar-refractivity contribution in [2.75, 3.05) is 27.2 Å². The number of nitrogens with zero attached hydrogens (tertiary/aromatic N) is 1. The van der Waals surface area contributed by atoms with Gasteiger partial charge in [-0.25, -0.2) is 8.42 Å². The molecule has 0 amide bonds. The summed E-state index contributed by atoms with van der Waals surface area (Å²) in [4.78, 5) is 2.20. The number of ether oxygens (including phenoxy) is 2. The van der Waals surface area contributed by atoms with E-state index in [9.17, 15) is 8.42 Å². The monoisotopic (exact) mass is 319 g/mol. The van der Waals surface area contributed by atoms with Gasteiger partial charge in [0, 0.05) is 23.8 Å². The Morgan fingerprint density at radius 1 is 1.40 bits per heavy atom. The Balaban J connectivity index is 2.13. The number of methoxy groups -OCH3 is 1. The maximum Gasteiger partial charge on any atom is 0.236 e. The lowest BCUT2D eigenvalue weighted by Gasteiger charge is -2.16. The van der Waals surface area contributed by atoms with E-state index >= 15 is 0 Å². The molecule has 1 aliphatic heterocycles.